The van der Waals surface area contributed by atoms with Crippen molar-refractivity contribution < 1.29 is 9.53 Å². The second-order valence-corrected chi connectivity index (χ2v) is 4.78. The average molecular weight is 249 g/mol. The van der Waals surface area contributed by atoms with E-state index in [-0.39, 0.29) is 5.97 Å². The molecule has 0 radical (unpaired) electrons. The first-order chi connectivity index (χ1) is 5.57. The number of carbonyl (C=O) groups excluding carboxylic acids is 1. The molecule has 1 aromatic rings. The molecule has 1 aromatic heterocycles. The molecule has 0 bridgehead atoms. The van der Waals surface area contributed by atoms with Crippen LogP contribution in [0.25, 0.3) is 0 Å². The average Bonchev–Trinajstić information content (AvgIpc) is 2.32. The number of hydrogen-bond acceptors (Lipinski definition) is 3. The molecule has 1 rings (SSSR count). The Morgan fingerprint density at radius 1 is 1.42 bits per heavy atom. The lowest BCUT2D eigenvalue weighted by Crippen LogP contribution is -1.99. The van der Waals surface area contributed by atoms with Crippen molar-refractivity contribution in [2.24, 2.45) is 0 Å². The monoisotopic (exact) mass is 248 g/mol. The van der Waals surface area contributed by atoms with Crippen LogP contribution >= 0.6 is 27.3 Å². The smallest absolute Gasteiger partial charge is 0.348 e. The van der Waals surface area contributed by atoms with Gasteiger partial charge in [0.15, 0.2) is 0 Å². The summed E-state index contributed by atoms with van der Waals surface area (Å²) in [7, 11) is 1.39. The van der Waals surface area contributed by atoms with Gasteiger partial charge in [-0.1, -0.05) is 0 Å². The zero-order valence-corrected chi connectivity index (χ0v) is 9.51. The molecule has 0 aliphatic heterocycles. The van der Waals surface area contributed by atoms with Crippen molar-refractivity contribution in [3.8, 4) is 0 Å². The van der Waals surface area contributed by atoms with Gasteiger partial charge < -0.3 is 4.74 Å². The van der Waals surface area contributed by atoms with Crippen molar-refractivity contribution in [1.29, 1.82) is 0 Å². The number of carbonyl (C=O) groups is 1. The van der Waals surface area contributed by atoms with E-state index in [0.29, 0.717) is 4.88 Å². The Kier molecular flexibility index (Phi) is 2.90. The summed E-state index contributed by atoms with van der Waals surface area (Å²) in [6.07, 6.45) is 0. The lowest BCUT2D eigenvalue weighted by Gasteiger charge is -1.95. The van der Waals surface area contributed by atoms with Crippen LogP contribution in [0.4, 0.5) is 0 Å². The fraction of sp³-hybridized carbons (Fsp3) is 0.375. The van der Waals surface area contributed by atoms with Crippen molar-refractivity contribution in [2.45, 2.75) is 13.8 Å². The van der Waals surface area contributed by atoms with Crippen molar-refractivity contribution >= 4 is 33.2 Å². The van der Waals surface area contributed by atoms with Crippen molar-refractivity contribution in [3.05, 3.63) is 19.8 Å². The van der Waals surface area contributed by atoms with E-state index in [2.05, 4.69) is 20.7 Å². The van der Waals surface area contributed by atoms with E-state index in [4.69, 9.17) is 0 Å². The van der Waals surface area contributed by atoms with Crippen LogP contribution in [0.2, 0.25) is 0 Å². The highest BCUT2D eigenvalue weighted by Crippen LogP contribution is 2.32. The Morgan fingerprint density at radius 3 is 2.33 bits per heavy atom. The number of methoxy groups -OCH3 is 1. The number of esters is 1. The lowest BCUT2D eigenvalue weighted by atomic mass is 10.2. The summed E-state index contributed by atoms with van der Waals surface area (Å²) >= 11 is 4.79. The highest BCUT2D eigenvalue weighted by Gasteiger charge is 2.16. The molecule has 0 aliphatic carbocycles. The van der Waals surface area contributed by atoms with Crippen molar-refractivity contribution in [2.75, 3.05) is 7.11 Å². The topological polar surface area (TPSA) is 26.3 Å². The summed E-state index contributed by atoms with van der Waals surface area (Å²) in [4.78, 5) is 11.8. The maximum atomic E-state index is 11.2. The molecule has 2 nitrogen and oxygen atoms in total. The van der Waals surface area contributed by atoms with Crippen LogP contribution in [0, 0.1) is 13.8 Å². The molecule has 0 saturated heterocycles. The molecular weight excluding hydrogens is 240 g/mol. The van der Waals surface area contributed by atoms with E-state index >= 15 is 0 Å². The van der Waals surface area contributed by atoms with Gasteiger partial charge in [-0.05, 0) is 40.9 Å². The quantitative estimate of drug-likeness (QED) is 0.715. The Morgan fingerprint density at radius 2 is 2.00 bits per heavy atom. The SMILES string of the molecule is COC(=O)c1sc(Br)c(C)c1C. The van der Waals surface area contributed by atoms with Crippen LogP contribution in [-0.4, -0.2) is 13.1 Å². The van der Waals surface area contributed by atoms with Gasteiger partial charge in [0.2, 0.25) is 0 Å². The third-order valence-electron chi connectivity index (χ3n) is 1.76. The highest BCUT2D eigenvalue weighted by atomic mass is 79.9. The van der Waals surface area contributed by atoms with Crippen LogP contribution in [0.1, 0.15) is 20.8 Å². The van der Waals surface area contributed by atoms with Gasteiger partial charge in [-0.3, -0.25) is 0 Å². The van der Waals surface area contributed by atoms with Crippen LogP contribution in [0.5, 0.6) is 0 Å². The number of thiophene rings is 1. The van der Waals surface area contributed by atoms with Crippen molar-refractivity contribution in [1.82, 2.24) is 0 Å². The molecule has 0 N–H and O–H groups in total. The first kappa shape index (κ1) is 9.74. The van der Waals surface area contributed by atoms with Gasteiger partial charge in [-0.25, -0.2) is 4.79 Å². The number of rotatable bonds is 1. The van der Waals surface area contributed by atoms with Crippen LogP contribution < -0.4 is 0 Å². The predicted octanol–water partition coefficient (Wildman–Crippen LogP) is 2.91. The highest BCUT2D eigenvalue weighted by molar-refractivity contribution is 9.11. The molecule has 0 aliphatic rings. The van der Waals surface area contributed by atoms with Gasteiger partial charge in [0.25, 0.3) is 0 Å². The van der Waals surface area contributed by atoms with Gasteiger partial charge in [-0.2, -0.15) is 0 Å². The van der Waals surface area contributed by atoms with E-state index in [9.17, 15) is 4.79 Å². The molecule has 66 valence electrons. The Bertz CT molecular complexity index is 317. The summed E-state index contributed by atoms with van der Waals surface area (Å²) in [6.45, 7) is 3.89. The Labute approximate surface area is 83.7 Å². The molecule has 0 fully saturated rings. The summed E-state index contributed by atoms with van der Waals surface area (Å²) in [5, 5.41) is 0. The van der Waals surface area contributed by atoms with E-state index in [1.54, 1.807) is 0 Å². The predicted molar refractivity (Wildman–Crippen MR) is 52.8 cm³/mol. The molecule has 0 saturated carbocycles. The van der Waals surface area contributed by atoms with Crippen molar-refractivity contribution in [3.63, 3.8) is 0 Å². The molecular formula is C8H9BrO2S. The largest absolute Gasteiger partial charge is 0.465 e. The van der Waals surface area contributed by atoms with E-state index in [1.165, 1.54) is 18.4 Å². The van der Waals surface area contributed by atoms with E-state index < -0.39 is 0 Å². The van der Waals surface area contributed by atoms with Crippen LogP contribution in [0.3, 0.4) is 0 Å². The van der Waals surface area contributed by atoms with Gasteiger partial charge in [0.1, 0.15) is 4.88 Å². The maximum Gasteiger partial charge on any atom is 0.348 e. The normalized spacial score (nSPS) is 10.0. The summed E-state index contributed by atoms with van der Waals surface area (Å²) in [5.41, 5.74) is 2.11. The molecule has 4 heteroatoms. The van der Waals surface area contributed by atoms with Crippen LogP contribution in [-0.2, 0) is 4.74 Å². The minimum absolute atomic E-state index is 0.258. The summed E-state index contributed by atoms with van der Waals surface area (Å²) < 4.78 is 5.64. The third-order valence-corrected chi connectivity index (χ3v) is 4.00. The zero-order valence-electron chi connectivity index (χ0n) is 7.10. The molecule has 1 heterocycles. The molecule has 0 spiro atoms. The second-order valence-electron chi connectivity index (χ2n) is 2.45. The molecule has 0 unspecified atom stereocenters. The van der Waals surface area contributed by atoms with Gasteiger partial charge in [-0.15, -0.1) is 11.3 Å². The van der Waals surface area contributed by atoms with Gasteiger partial charge in [0.05, 0.1) is 10.9 Å². The number of ether oxygens (including phenoxy) is 1. The van der Waals surface area contributed by atoms with E-state index in [0.717, 1.165) is 14.9 Å². The number of halogens is 1. The summed E-state index contributed by atoms with van der Waals surface area (Å²) in [5.74, 6) is -0.258. The number of hydrogen-bond donors (Lipinski definition) is 0. The van der Waals surface area contributed by atoms with E-state index in [1.807, 2.05) is 13.8 Å². The minimum Gasteiger partial charge on any atom is -0.465 e. The molecule has 0 aromatic carbocycles. The zero-order chi connectivity index (χ0) is 9.30. The van der Waals surface area contributed by atoms with Gasteiger partial charge in [0, 0.05) is 0 Å². The molecule has 0 atom stereocenters. The second kappa shape index (κ2) is 3.58. The lowest BCUT2D eigenvalue weighted by molar-refractivity contribution is 0.0605. The fourth-order valence-electron chi connectivity index (χ4n) is 0.848. The first-order valence-corrected chi connectivity index (χ1v) is 5.02. The minimum atomic E-state index is -0.258. The third kappa shape index (κ3) is 1.54. The maximum absolute atomic E-state index is 11.2. The Hall–Kier alpha value is -0.350. The Balaban J connectivity index is 3.17. The van der Waals surface area contributed by atoms with Crippen LogP contribution in [0.15, 0.2) is 3.79 Å². The fourth-order valence-corrected chi connectivity index (χ4v) is 2.59. The standard InChI is InChI=1S/C8H9BrO2S/c1-4-5(2)7(9)12-6(4)8(10)11-3/h1-3H3. The first-order valence-electron chi connectivity index (χ1n) is 3.41. The molecule has 12 heavy (non-hydrogen) atoms. The van der Waals surface area contributed by atoms with Gasteiger partial charge >= 0.3 is 5.97 Å². The molecule has 0 amide bonds. The summed E-state index contributed by atoms with van der Waals surface area (Å²) in [6, 6.07) is 0.